The maximum absolute atomic E-state index is 13.5. The molecule has 1 amide bonds. The van der Waals surface area contributed by atoms with E-state index in [1.807, 2.05) is 18.5 Å². The summed E-state index contributed by atoms with van der Waals surface area (Å²) in [6.45, 7) is 3.40. The Labute approximate surface area is 267 Å². The summed E-state index contributed by atoms with van der Waals surface area (Å²) in [6, 6.07) is 13.7. The molecule has 0 radical (unpaired) electrons. The number of benzene rings is 2. The van der Waals surface area contributed by atoms with Gasteiger partial charge in [-0.05, 0) is 97.1 Å². The van der Waals surface area contributed by atoms with Crippen LogP contribution in [0.4, 0.5) is 17.6 Å². The predicted octanol–water partition coefficient (Wildman–Crippen LogP) is 6.58. The molecular formula is C33H33ClF4N4O4. The minimum absolute atomic E-state index is 0.00376. The molecule has 2 aromatic heterocycles. The van der Waals surface area contributed by atoms with Crippen LogP contribution in [0.1, 0.15) is 54.5 Å². The third-order valence-corrected chi connectivity index (χ3v) is 7.84. The van der Waals surface area contributed by atoms with Gasteiger partial charge in [0, 0.05) is 44.2 Å². The van der Waals surface area contributed by atoms with Crippen LogP contribution in [0.3, 0.4) is 0 Å². The number of likely N-dealkylation sites (tertiary alicyclic amines) is 1. The fraction of sp³-hybridized carbons (Fsp3) is 0.303. The summed E-state index contributed by atoms with van der Waals surface area (Å²) in [7, 11) is 0. The van der Waals surface area contributed by atoms with Crippen molar-refractivity contribution in [3.8, 4) is 5.69 Å². The van der Waals surface area contributed by atoms with Crippen molar-refractivity contribution in [3.05, 3.63) is 123 Å². The van der Waals surface area contributed by atoms with Crippen molar-refractivity contribution in [2.24, 2.45) is 5.92 Å². The van der Waals surface area contributed by atoms with E-state index in [0.717, 1.165) is 50.6 Å². The number of carboxylic acid groups (broad SMARTS) is 1. The number of hydrogen-bond acceptors (Lipinski definition) is 4. The Morgan fingerprint density at radius 1 is 1.04 bits per heavy atom. The second-order valence-electron chi connectivity index (χ2n) is 11.1. The summed E-state index contributed by atoms with van der Waals surface area (Å²) in [5, 5.41) is 10.4. The lowest BCUT2D eigenvalue weighted by molar-refractivity contribution is -0.137. The van der Waals surface area contributed by atoms with Gasteiger partial charge in [0.05, 0.1) is 11.6 Å². The van der Waals surface area contributed by atoms with E-state index in [9.17, 15) is 27.2 Å². The van der Waals surface area contributed by atoms with E-state index >= 15 is 0 Å². The molecule has 46 heavy (non-hydrogen) atoms. The zero-order valence-electron chi connectivity index (χ0n) is 24.9. The second kappa shape index (κ2) is 15.2. The molecule has 1 aliphatic heterocycles. The quantitative estimate of drug-likeness (QED) is 0.185. The van der Waals surface area contributed by atoms with Crippen molar-refractivity contribution in [1.82, 2.24) is 19.8 Å². The minimum Gasteiger partial charge on any atom is -0.481 e. The van der Waals surface area contributed by atoms with E-state index in [1.165, 1.54) is 36.5 Å². The van der Waals surface area contributed by atoms with E-state index in [1.54, 1.807) is 16.7 Å². The van der Waals surface area contributed by atoms with Crippen LogP contribution in [0, 0.1) is 11.7 Å². The van der Waals surface area contributed by atoms with Crippen LogP contribution < -0.4 is 10.9 Å². The minimum atomic E-state index is -4.37. The largest absolute Gasteiger partial charge is 0.481 e. The van der Waals surface area contributed by atoms with E-state index in [4.69, 9.17) is 21.5 Å². The zero-order chi connectivity index (χ0) is 33.4. The Kier molecular flexibility index (Phi) is 11.4. The van der Waals surface area contributed by atoms with Crippen molar-refractivity contribution in [2.75, 3.05) is 13.1 Å². The highest BCUT2D eigenvalue weighted by atomic mass is 35.5. The molecule has 3 N–H and O–H groups in total. The van der Waals surface area contributed by atoms with Gasteiger partial charge in [-0.25, -0.2) is 4.39 Å². The van der Waals surface area contributed by atoms with Gasteiger partial charge in [0.2, 0.25) is 5.91 Å². The number of carboxylic acids is 1. The van der Waals surface area contributed by atoms with Crippen LogP contribution >= 0.6 is 11.6 Å². The molecule has 4 aromatic rings. The van der Waals surface area contributed by atoms with Crippen LogP contribution in [0.25, 0.3) is 5.69 Å². The average Bonchev–Trinajstić information content (AvgIpc) is 3.47. The van der Waals surface area contributed by atoms with Gasteiger partial charge in [0.1, 0.15) is 10.8 Å². The van der Waals surface area contributed by atoms with Crippen LogP contribution in [-0.2, 0) is 22.3 Å². The number of H-pyrrole nitrogens is 1. The first-order chi connectivity index (χ1) is 21.8. The molecule has 0 spiro atoms. The number of aromatic nitrogens is 2. The smallest absolute Gasteiger partial charge is 0.416 e. The predicted molar refractivity (Wildman–Crippen MR) is 165 cm³/mol. The number of aliphatic carboxylic acids is 1. The van der Waals surface area contributed by atoms with E-state index < -0.39 is 35.1 Å². The summed E-state index contributed by atoms with van der Waals surface area (Å²) in [5.41, 5.74) is 1.83. The van der Waals surface area contributed by atoms with E-state index in [2.05, 4.69) is 15.2 Å². The first kappa shape index (κ1) is 34.5. The van der Waals surface area contributed by atoms with E-state index in [-0.39, 0.29) is 16.8 Å². The molecule has 3 heterocycles. The van der Waals surface area contributed by atoms with Crippen molar-refractivity contribution in [1.29, 1.82) is 0 Å². The number of alkyl halides is 3. The van der Waals surface area contributed by atoms with Gasteiger partial charge < -0.3 is 20.0 Å². The van der Waals surface area contributed by atoms with Crippen LogP contribution in [0.2, 0.25) is 5.02 Å². The summed E-state index contributed by atoms with van der Waals surface area (Å²) >= 11 is 6.03. The number of nitrogens with one attached hydrogen (secondary N) is 2. The monoisotopic (exact) mass is 660 g/mol. The first-order valence-corrected chi connectivity index (χ1v) is 14.9. The molecule has 0 saturated carbocycles. The molecular weight excluding hydrogens is 628 g/mol. The van der Waals surface area contributed by atoms with Crippen molar-refractivity contribution in [3.63, 3.8) is 0 Å². The summed E-state index contributed by atoms with van der Waals surface area (Å²) in [4.78, 5) is 38.7. The Bertz CT molecular complexity index is 1680. The lowest BCUT2D eigenvalue weighted by Crippen LogP contribution is -2.36. The normalized spacial score (nSPS) is 14.7. The van der Waals surface area contributed by atoms with Crippen molar-refractivity contribution >= 4 is 23.5 Å². The molecule has 1 aliphatic rings. The van der Waals surface area contributed by atoms with Gasteiger partial charge in [-0.3, -0.25) is 19.3 Å². The van der Waals surface area contributed by atoms with Crippen molar-refractivity contribution in [2.45, 2.75) is 44.9 Å². The number of piperidine rings is 1. The second-order valence-corrected chi connectivity index (χ2v) is 11.5. The molecule has 8 nitrogen and oxygen atoms in total. The van der Waals surface area contributed by atoms with Crippen molar-refractivity contribution < 1.29 is 32.3 Å². The summed E-state index contributed by atoms with van der Waals surface area (Å²) < 4.78 is 53.9. The molecule has 1 unspecified atom stereocenters. The number of pyridine rings is 1. The molecule has 244 valence electrons. The number of carbonyl (C=O) groups is 2. The maximum atomic E-state index is 13.5. The molecule has 1 saturated heterocycles. The van der Waals surface area contributed by atoms with Gasteiger partial charge >= 0.3 is 6.18 Å². The lowest BCUT2D eigenvalue weighted by Gasteiger charge is -2.31. The molecule has 0 aliphatic carbocycles. The van der Waals surface area contributed by atoms with Crippen LogP contribution in [0.15, 0.2) is 84.0 Å². The number of hydrogen-bond donors (Lipinski definition) is 3. The number of amides is 1. The van der Waals surface area contributed by atoms with Gasteiger partial charge in [0.25, 0.3) is 11.5 Å². The highest BCUT2D eigenvalue weighted by molar-refractivity contribution is 6.30. The Balaban J connectivity index is 0.00000113. The molecule has 1 atom stereocenters. The highest BCUT2D eigenvalue weighted by Gasteiger charge is 2.30. The molecule has 2 aromatic carbocycles. The number of aromatic amines is 1. The van der Waals surface area contributed by atoms with Gasteiger partial charge in [-0.2, -0.15) is 13.2 Å². The fourth-order valence-corrected chi connectivity index (χ4v) is 5.44. The average molecular weight is 661 g/mol. The highest BCUT2D eigenvalue weighted by Crippen LogP contribution is 2.30. The Morgan fingerprint density at radius 3 is 2.26 bits per heavy atom. The zero-order valence-corrected chi connectivity index (χ0v) is 25.6. The summed E-state index contributed by atoms with van der Waals surface area (Å²) in [5.74, 6) is -1.20. The third kappa shape index (κ3) is 9.79. The Morgan fingerprint density at radius 2 is 1.67 bits per heavy atom. The number of halogens is 5. The van der Waals surface area contributed by atoms with Gasteiger partial charge in [-0.1, -0.05) is 23.7 Å². The number of carbonyl (C=O) groups excluding carboxylic acids is 1. The maximum Gasteiger partial charge on any atom is 0.416 e. The van der Waals surface area contributed by atoms with Crippen LogP contribution in [-0.4, -0.2) is 44.5 Å². The number of rotatable bonds is 8. The van der Waals surface area contributed by atoms with Crippen LogP contribution in [0.5, 0.6) is 0 Å². The molecule has 13 heteroatoms. The lowest BCUT2D eigenvalue weighted by atomic mass is 9.92. The first-order valence-electron chi connectivity index (χ1n) is 14.5. The molecule has 0 bridgehead atoms. The SMILES string of the molecule is CC(=O)O.O=C(CC1CCN(Cc2ccn(-c3ccc(C(F)(F)F)cc3)c2)CC1)NC(c1ccc(F)cc1)c1c[nH]c(=O)c(Cl)c1. The topological polar surface area (TPSA) is 107 Å². The Hall–Kier alpha value is -4.42. The third-order valence-electron chi connectivity index (χ3n) is 7.56. The molecule has 1 fully saturated rings. The van der Waals surface area contributed by atoms with Gasteiger partial charge in [0.15, 0.2) is 0 Å². The van der Waals surface area contributed by atoms with E-state index in [0.29, 0.717) is 29.8 Å². The fourth-order valence-electron chi connectivity index (χ4n) is 5.26. The summed E-state index contributed by atoms with van der Waals surface area (Å²) in [6.07, 6.45) is 2.87. The number of nitrogens with zero attached hydrogens (tertiary/aromatic N) is 2. The molecule has 5 rings (SSSR count). The standard InChI is InChI=1S/C31H29ClF4N4O2.C2H4O2/c32-27-16-23(17-37-30(27)42)29(22-1-5-25(33)6-2-22)38-28(41)15-20-9-12-39(13-10-20)18-21-11-14-40(19-21)26-7-3-24(4-8-26)31(34,35)36;1-2(3)4/h1-8,11,14,16-17,19-20,29H,9-10,12-13,15,18H2,(H,37,42)(H,38,41);1H3,(H,3,4). The van der Waals surface area contributed by atoms with Gasteiger partial charge in [-0.15, -0.1) is 0 Å².